The molecule has 0 saturated heterocycles. The van der Waals surface area contributed by atoms with E-state index in [9.17, 15) is 0 Å². The molecule has 0 heterocycles. The van der Waals surface area contributed by atoms with Crippen LogP contribution in [0.15, 0.2) is 0 Å². The van der Waals surface area contributed by atoms with Gasteiger partial charge < -0.3 is 4.74 Å². The predicted octanol–water partition coefficient (Wildman–Crippen LogP) is 1.35. The molecule has 1 rings (SSSR count). The zero-order valence-electron chi connectivity index (χ0n) is 7.18. The second kappa shape index (κ2) is 3.66. The Balaban J connectivity index is 2.24. The van der Waals surface area contributed by atoms with Crippen LogP contribution < -0.4 is 0 Å². The van der Waals surface area contributed by atoms with Crippen molar-refractivity contribution in [2.24, 2.45) is 0 Å². The molecule has 1 saturated carbocycles. The van der Waals surface area contributed by atoms with Gasteiger partial charge in [-0.2, -0.15) is 0 Å². The summed E-state index contributed by atoms with van der Waals surface area (Å²) in [6, 6.07) is 0. The van der Waals surface area contributed by atoms with E-state index in [1.807, 2.05) is 0 Å². The van der Waals surface area contributed by atoms with Gasteiger partial charge in [0.25, 0.3) is 0 Å². The highest BCUT2D eigenvalue weighted by Gasteiger charge is 2.19. The summed E-state index contributed by atoms with van der Waals surface area (Å²) in [5.74, 6) is 0. The summed E-state index contributed by atoms with van der Waals surface area (Å²) in [4.78, 5) is 0. The van der Waals surface area contributed by atoms with Gasteiger partial charge in [0, 0.05) is 0 Å². The average Bonchev–Trinajstić information content (AvgIpc) is 1.85. The summed E-state index contributed by atoms with van der Waals surface area (Å²) in [6.07, 6.45) is 6.35. The molecule has 0 spiro atoms. The largest absolute Gasteiger partial charge is 0.391 e. The quantitative estimate of drug-likeness (QED) is 0.536. The Morgan fingerprint density at radius 1 is 1.18 bits per heavy atom. The topological polar surface area (TPSA) is 9.23 Å². The fourth-order valence-corrected chi connectivity index (χ4v) is 1.54. The van der Waals surface area contributed by atoms with Crippen molar-refractivity contribution >= 4 is 15.7 Å². The number of ether oxygens (including phenoxy) is 1. The van der Waals surface area contributed by atoms with Crippen molar-refractivity contribution < 1.29 is 4.74 Å². The molecule has 0 aromatic rings. The molecule has 0 aromatic carbocycles. The highest BCUT2D eigenvalue weighted by Crippen LogP contribution is 2.22. The molecular weight excluding hydrogens is 134 g/mol. The van der Waals surface area contributed by atoms with E-state index in [0.29, 0.717) is 6.10 Å². The Morgan fingerprint density at radius 3 is 2.18 bits per heavy atom. The van der Waals surface area contributed by atoms with Crippen molar-refractivity contribution in [3.63, 3.8) is 0 Å². The van der Waals surface area contributed by atoms with Crippen LogP contribution in [0.5, 0.6) is 0 Å². The van der Waals surface area contributed by atoms with Crippen molar-refractivity contribution in [3.05, 3.63) is 0 Å². The fourth-order valence-electron chi connectivity index (χ4n) is 1.54. The van der Waals surface area contributed by atoms with E-state index in [1.165, 1.54) is 19.3 Å². The molecule has 11 heavy (non-hydrogen) atoms. The maximum absolute atomic E-state index is 5.52. The van der Waals surface area contributed by atoms with Gasteiger partial charge in [0.15, 0.2) is 0 Å². The van der Waals surface area contributed by atoms with Gasteiger partial charge in [-0.25, -0.2) is 0 Å². The summed E-state index contributed by atoms with van der Waals surface area (Å²) in [6.45, 7) is 1.70. The first-order valence-corrected chi connectivity index (χ1v) is 4.33. The van der Waals surface area contributed by atoms with E-state index in [1.54, 1.807) is 6.92 Å². The Hall–Kier alpha value is 0.0899. The summed E-state index contributed by atoms with van der Waals surface area (Å²) in [5.41, 5.74) is 0. The standard InChI is InChI=1S/C8H14B2O/c1-8(9,10)11-7-5-3-2-4-6-7/h7H,2-6H2,1H3. The minimum Gasteiger partial charge on any atom is -0.391 e. The van der Waals surface area contributed by atoms with Gasteiger partial charge in [0.2, 0.25) is 0 Å². The molecule has 0 unspecified atom stereocenters. The van der Waals surface area contributed by atoms with Crippen LogP contribution in [0.4, 0.5) is 0 Å². The van der Waals surface area contributed by atoms with Crippen LogP contribution in [-0.2, 0) is 4.74 Å². The van der Waals surface area contributed by atoms with E-state index in [0.717, 1.165) is 12.8 Å². The number of hydrogen-bond donors (Lipinski definition) is 0. The minimum atomic E-state index is -0.942. The lowest BCUT2D eigenvalue weighted by Gasteiger charge is -2.30. The van der Waals surface area contributed by atoms with Gasteiger partial charge in [-0.3, -0.25) is 0 Å². The maximum atomic E-state index is 5.52. The summed E-state index contributed by atoms with van der Waals surface area (Å²) in [7, 11) is 11.0. The minimum absolute atomic E-state index is 0.295. The molecule has 1 aliphatic carbocycles. The smallest absolute Gasteiger partial charge is 0.0989 e. The lowest BCUT2D eigenvalue weighted by Crippen LogP contribution is -2.35. The van der Waals surface area contributed by atoms with Gasteiger partial charge in [0.1, 0.15) is 0 Å². The molecule has 1 nitrogen and oxygen atoms in total. The molecule has 0 aromatic heterocycles. The van der Waals surface area contributed by atoms with Crippen LogP contribution in [0.1, 0.15) is 39.0 Å². The first-order valence-electron chi connectivity index (χ1n) is 4.33. The van der Waals surface area contributed by atoms with Crippen LogP contribution in [0.3, 0.4) is 0 Å². The van der Waals surface area contributed by atoms with Gasteiger partial charge in [-0.15, -0.1) is 0 Å². The summed E-state index contributed by atoms with van der Waals surface area (Å²) < 4.78 is 5.43. The van der Waals surface area contributed by atoms with E-state index in [2.05, 4.69) is 0 Å². The molecule has 0 bridgehead atoms. The SMILES string of the molecule is [B]C([B])(C)OC1CCCCC1. The highest BCUT2D eigenvalue weighted by atomic mass is 16.5. The third-order valence-electron chi connectivity index (χ3n) is 1.97. The van der Waals surface area contributed by atoms with Crippen molar-refractivity contribution in [2.45, 2.75) is 50.5 Å². The fraction of sp³-hybridized carbons (Fsp3) is 1.00. The van der Waals surface area contributed by atoms with Gasteiger partial charge in [-0.05, 0) is 18.2 Å². The van der Waals surface area contributed by atoms with Crippen LogP contribution in [-0.4, -0.2) is 27.2 Å². The molecule has 0 atom stereocenters. The highest BCUT2D eigenvalue weighted by molar-refractivity contribution is 6.38. The average molecular weight is 148 g/mol. The van der Waals surface area contributed by atoms with Gasteiger partial charge in [-0.1, -0.05) is 26.2 Å². The maximum Gasteiger partial charge on any atom is 0.0989 e. The van der Waals surface area contributed by atoms with Crippen LogP contribution in [0.25, 0.3) is 0 Å². The number of rotatable bonds is 2. The van der Waals surface area contributed by atoms with E-state index in [4.69, 9.17) is 20.4 Å². The van der Waals surface area contributed by atoms with Crippen molar-refractivity contribution in [1.29, 1.82) is 0 Å². The molecule has 0 aliphatic heterocycles. The first-order chi connectivity index (χ1) is 5.08. The van der Waals surface area contributed by atoms with Crippen molar-refractivity contribution in [1.82, 2.24) is 0 Å². The zero-order chi connectivity index (χ0) is 8.32. The van der Waals surface area contributed by atoms with Crippen LogP contribution in [0.2, 0.25) is 0 Å². The van der Waals surface area contributed by atoms with Crippen LogP contribution >= 0.6 is 0 Å². The zero-order valence-corrected chi connectivity index (χ0v) is 7.18. The van der Waals surface area contributed by atoms with E-state index in [-0.39, 0.29) is 0 Å². The normalized spacial score (nSPS) is 21.9. The lowest BCUT2D eigenvalue weighted by atomic mass is 9.66. The number of hydrogen-bond acceptors (Lipinski definition) is 1. The van der Waals surface area contributed by atoms with Crippen molar-refractivity contribution in [2.75, 3.05) is 0 Å². The third kappa shape index (κ3) is 3.85. The van der Waals surface area contributed by atoms with E-state index >= 15 is 0 Å². The van der Waals surface area contributed by atoms with Gasteiger partial charge >= 0.3 is 0 Å². The monoisotopic (exact) mass is 148 g/mol. The first kappa shape index (κ1) is 9.18. The summed E-state index contributed by atoms with van der Waals surface area (Å²) in [5, 5.41) is -0.942. The Bertz CT molecular complexity index is 114. The second-order valence-electron chi connectivity index (χ2n) is 3.56. The van der Waals surface area contributed by atoms with Crippen LogP contribution in [0, 0.1) is 0 Å². The lowest BCUT2D eigenvalue weighted by molar-refractivity contribution is -0.00497. The predicted molar refractivity (Wildman–Crippen MR) is 47.9 cm³/mol. The Labute approximate surface area is 71.7 Å². The van der Waals surface area contributed by atoms with Crippen molar-refractivity contribution in [3.8, 4) is 0 Å². The molecule has 4 radical (unpaired) electrons. The molecule has 3 heteroatoms. The molecule has 0 amide bonds. The van der Waals surface area contributed by atoms with Gasteiger partial charge in [0.05, 0.1) is 21.8 Å². The molecule has 58 valence electrons. The molecule has 1 aliphatic rings. The third-order valence-corrected chi connectivity index (χ3v) is 1.97. The summed E-state index contributed by atoms with van der Waals surface area (Å²) >= 11 is 0. The van der Waals surface area contributed by atoms with E-state index < -0.39 is 5.40 Å². The second-order valence-corrected chi connectivity index (χ2v) is 3.56. The molecule has 1 fully saturated rings. The Kier molecular flexibility index (Phi) is 3.06. The molecular formula is C8H14B2O. The molecule has 0 N–H and O–H groups in total. The Morgan fingerprint density at radius 2 is 1.73 bits per heavy atom.